The van der Waals surface area contributed by atoms with E-state index in [0.29, 0.717) is 17.1 Å². The van der Waals surface area contributed by atoms with Crippen LogP contribution >= 0.6 is 0 Å². The number of nitrogens with one attached hydrogen (secondary N) is 1. The van der Waals surface area contributed by atoms with E-state index in [4.69, 9.17) is 9.47 Å². The van der Waals surface area contributed by atoms with E-state index in [1.165, 1.54) is 19.2 Å². The van der Waals surface area contributed by atoms with Gasteiger partial charge in [0.2, 0.25) is 0 Å². The lowest BCUT2D eigenvalue weighted by molar-refractivity contribution is 0.306. The molecule has 0 saturated carbocycles. The van der Waals surface area contributed by atoms with E-state index in [1.807, 2.05) is 18.2 Å². The number of nitriles is 1. The molecule has 0 unspecified atom stereocenters. The third-order valence-corrected chi connectivity index (χ3v) is 5.54. The Hall–Kier alpha value is -3.78. The minimum absolute atomic E-state index is 0.175. The Morgan fingerprint density at radius 1 is 1.06 bits per heavy atom. The second kappa shape index (κ2) is 8.39. The first-order chi connectivity index (χ1) is 15.3. The van der Waals surface area contributed by atoms with E-state index >= 15 is 0 Å². The number of methoxy groups -OCH3 is 1. The molecule has 4 rings (SSSR count). The standard InChI is InChI=1S/C27H25FN2O2/c1-17-14-27(2,3)30-24-11-10-21(22-9-8-19(28)13-25(22)31-4)23(26(17)24)16-32-20-7-5-6-18(12-20)15-29/h5-14,30H,16H2,1-4H3. The van der Waals surface area contributed by atoms with Crippen LogP contribution in [0, 0.1) is 17.1 Å². The van der Waals surface area contributed by atoms with Crippen LogP contribution in [0.5, 0.6) is 11.5 Å². The molecule has 5 heteroatoms. The van der Waals surface area contributed by atoms with E-state index in [0.717, 1.165) is 33.5 Å². The molecule has 1 aliphatic rings. The molecule has 4 nitrogen and oxygen atoms in total. The summed E-state index contributed by atoms with van der Waals surface area (Å²) in [5.41, 5.74) is 6.24. The molecule has 162 valence electrons. The summed E-state index contributed by atoms with van der Waals surface area (Å²) < 4.78 is 25.5. The van der Waals surface area contributed by atoms with Crippen molar-refractivity contribution in [3.05, 3.63) is 83.2 Å². The van der Waals surface area contributed by atoms with Crippen molar-refractivity contribution in [3.8, 4) is 28.7 Å². The summed E-state index contributed by atoms with van der Waals surface area (Å²) in [5.74, 6) is 0.724. The van der Waals surface area contributed by atoms with Gasteiger partial charge in [0.25, 0.3) is 0 Å². The van der Waals surface area contributed by atoms with E-state index in [2.05, 4.69) is 38.2 Å². The van der Waals surface area contributed by atoms with Gasteiger partial charge in [-0.3, -0.25) is 0 Å². The average Bonchev–Trinajstić information content (AvgIpc) is 2.76. The number of nitrogens with zero attached hydrogens (tertiary/aromatic N) is 1. The van der Waals surface area contributed by atoms with E-state index in [-0.39, 0.29) is 18.0 Å². The Kier molecular flexibility index (Phi) is 5.63. The zero-order valence-electron chi connectivity index (χ0n) is 18.6. The van der Waals surface area contributed by atoms with Crippen molar-refractivity contribution in [1.29, 1.82) is 5.26 Å². The molecular weight excluding hydrogens is 403 g/mol. The van der Waals surface area contributed by atoms with Gasteiger partial charge in [0.05, 0.1) is 24.3 Å². The molecule has 3 aromatic carbocycles. The zero-order valence-corrected chi connectivity index (χ0v) is 18.6. The maximum absolute atomic E-state index is 13.9. The molecular formula is C27H25FN2O2. The molecule has 1 N–H and O–H groups in total. The molecule has 0 atom stereocenters. The van der Waals surface area contributed by atoms with Crippen LogP contribution in [0.1, 0.15) is 37.5 Å². The monoisotopic (exact) mass is 428 g/mol. The zero-order chi connectivity index (χ0) is 22.9. The molecule has 0 aromatic heterocycles. The molecule has 0 spiro atoms. The Morgan fingerprint density at radius 3 is 2.59 bits per heavy atom. The van der Waals surface area contributed by atoms with Crippen LogP contribution in [0.25, 0.3) is 16.7 Å². The smallest absolute Gasteiger partial charge is 0.129 e. The van der Waals surface area contributed by atoms with Crippen LogP contribution in [0.3, 0.4) is 0 Å². The normalized spacial score (nSPS) is 13.9. The number of hydrogen-bond acceptors (Lipinski definition) is 4. The molecule has 0 fully saturated rings. The van der Waals surface area contributed by atoms with E-state index in [9.17, 15) is 9.65 Å². The highest BCUT2D eigenvalue weighted by Crippen LogP contribution is 2.42. The fraction of sp³-hybridized carbons (Fsp3) is 0.222. The lowest BCUT2D eigenvalue weighted by atomic mass is 9.85. The quantitative estimate of drug-likeness (QED) is 0.500. The van der Waals surface area contributed by atoms with Crippen molar-refractivity contribution in [1.82, 2.24) is 0 Å². The molecule has 0 radical (unpaired) electrons. The number of allylic oxidation sites excluding steroid dienone is 1. The highest BCUT2D eigenvalue weighted by Gasteiger charge is 2.27. The summed E-state index contributed by atoms with van der Waals surface area (Å²) >= 11 is 0. The first-order valence-corrected chi connectivity index (χ1v) is 10.4. The summed E-state index contributed by atoms with van der Waals surface area (Å²) in [4.78, 5) is 0. The average molecular weight is 429 g/mol. The van der Waals surface area contributed by atoms with Gasteiger partial charge in [-0.25, -0.2) is 4.39 Å². The molecule has 3 aromatic rings. The summed E-state index contributed by atoms with van der Waals surface area (Å²) in [6.45, 7) is 6.62. The highest BCUT2D eigenvalue weighted by atomic mass is 19.1. The van der Waals surface area contributed by atoms with E-state index < -0.39 is 0 Å². The summed E-state index contributed by atoms with van der Waals surface area (Å²) in [6.07, 6.45) is 2.20. The Bertz CT molecular complexity index is 1250. The van der Waals surface area contributed by atoms with Crippen molar-refractivity contribution >= 4 is 11.3 Å². The number of benzene rings is 3. The third-order valence-electron chi connectivity index (χ3n) is 5.54. The van der Waals surface area contributed by atoms with Crippen LogP contribution in [0.2, 0.25) is 0 Å². The van der Waals surface area contributed by atoms with Gasteiger partial charge in [-0.2, -0.15) is 5.26 Å². The molecule has 0 aliphatic carbocycles. The van der Waals surface area contributed by atoms with Crippen LogP contribution in [0.15, 0.2) is 60.7 Å². The van der Waals surface area contributed by atoms with Crippen molar-refractivity contribution in [2.45, 2.75) is 32.9 Å². The maximum atomic E-state index is 13.9. The SMILES string of the molecule is COc1cc(F)ccc1-c1ccc2c(c1COc1cccc(C#N)c1)C(C)=CC(C)(C)N2. The molecule has 32 heavy (non-hydrogen) atoms. The van der Waals surface area contributed by atoms with Gasteiger partial charge in [0, 0.05) is 28.4 Å². The maximum Gasteiger partial charge on any atom is 0.129 e. The largest absolute Gasteiger partial charge is 0.496 e. The van der Waals surface area contributed by atoms with Crippen molar-refractivity contribution in [3.63, 3.8) is 0 Å². The minimum Gasteiger partial charge on any atom is -0.496 e. The second-order valence-corrected chi connectivity index (χ2v) is 8.46. The van der Waals surface area contributed by atoms with Crippen molar-refractivity contribution < 1.29 is 13.9 Å². The van der Waals surface area contributed by atoms with Crippen LogP contribution < -0.4 is 14.8 Å². The lowest BCUT2D eigenvalue weighted by Crippen LogP contribution is -2.32. The summed E-state index contributed by atoms with van der Waals surface area (Å²) in [6, 6.07) is 17.8. The van der Waals surface area contributed by atoms with Gasteiger partial charge in [-0.1, -0.05) is 18.2 Å². The topological polar surface area (TPSA) is 54.3 Å². The van der Waals surface area contributed by atoms with Gasteiger partial charge >= 0.3 is 0 Å². The number of anilines is 1. The summed E-state index contributed by atoms with van der Waals surface area (Å²) in [7, 11) is 1.54. The molecule has 0 amide bonds. The number of ether oxygens (including phenoxy) is 2. The Labute approximate surface area is 187 Å². The Morgan fingerprint density at radius 2 is 1.84 bits per heavy atom. The fourth-order valence-corrected chi connectivity index (χ4v) is 4.30. The molecule has 1 aliphatic heterocycles. The van der Waals surface area contributed by atoms with Gasteiger partial charge in [-0.15, -0.1) is 0 Å². The first kappa shape index (κ1) is 21.5. The number of fused-ring (bicyclic) bond motifs is 1. The predicted molar refractivity (Wildman–Crippen MR) is 125 cm³/mol. The Balaban J connectivity index is 1.86. The van der Waals surface area contributed by atoms with Crippen LogP contribution in [-0.4, -0.2) is 12.6 Å². The van der Waals surface area contributed by atoms with E-state index in [1.54, 1.807) is 24.3 Å². The fourth-order valence-electron chi connectivity index (χ4n) is 4.30. The second-order valence-electron chi connectivity index (χ2n) is 8.46. The summed E-state index contributed by atoms with van der Waals surface area (Å²) in [5, 5.41) is 12.8. The van der Waals surface area contributed by atoms with Crippen LogP contribution in [0.4, 0.5) is 10.1 Å². The number of hydrogen-bond donors (Lipinski definition) is 1. The van der Waals surface area contributed by atoms with Gasteiger partial charge in [-0.05, 0) is 68.3 Å². The predicted octanol–water partition coefficient (Wildman–Crippen LogP) is 6.56. The van der Waals surface area contributed by atoms with Gasteiger partial charge in [0.15, 0.2) is 0 Å². The van der Waals surface area contributed by atoms with Gasteiger partial charge < -0.3 is 14.8 Å². The number of halogens is 1. The highest BCUT2D eigenvalue weighted by molar-refractivity contribution is 5.88. The minimum atomic E-state index is -0.353. The lowest BCUT2D eigenvalue weighted by Gasteiger charge is -2.33. The molecule has 0 saturated heterocycles. The first-order valence-electron chi connectivity index (χ1n) is 10.4. The number of rotatable bonds is 5. The van der Waals surface area contributed by atoms with Crippen molar-refractivity contribution in [2.24, 2.45) is 0 Å². The van der Waals surface area contributed by atoms with Crippen molar-refractivity contribution in [2.75, 3.05) is 12.4 Å². The molecule has 0 bridgehead atoms. The third kappa shape index (κ3) is 4.17. The molecule has 1 heterocycles. The van der Waals surface area contributed by atoms with Crippen LogP contribution in [-0.2, 0) is 6.61 Å². The van der Waals surface area contributed by atoms with Gasteiger partial charge in [0.1, 0.15) is 23.9 Å².